The van der Waals surface area contributed by atoms with Gasteiger partial charge in [-0.15, -0.1) is 0 Å². The highest BCUT2D eigenvalue weighted by atomic mass is 16.6. The average Bonchev–Trinajstić information content (AvgIpc) is 1.63. The molecule has 30 heteroatoms. The minimum Gasteiger partial charge on any atom is -0.480 e. The van der Waals surface area contributed by atoms with Crippen molar-refractivity contribution in [2.24, 2.45) is 17.4 Å². The highest BCUT2D eigenvalue weighted by molar-refractivity contribution is 6.01. The number of fused-ring (bicyclic) bond motifs is 1. The summed E-state index contributed by atoms with van der Waals surface area (Å²) < 4.78 is 24.6. The molecule has 0 radical (unpaired) electrons. The third-order valence-corrected chi connectivity index (χ3v) is 15.8. The number of rotatable bonds is 35. The van der Waals surface area contributed by atoms with E-state index in [1.165, 1.54) is 17.7 Å². The summed E-state index contributed by atoms with van der Waals surface area (Å²) in [5, 5.41) is 34.2. The van der Waals surface area contributed by atoms with Crippen molar-refractivity contribution in [3.8, 4) is 0 Å². The second-order valence-electron chi connectivity index (χ2n) is 30.1. The van der Waals surface area contributed by atoms with Crippen LogP contribution in [0.5, 0.6) is 0 Å². The van der Waals surface area contributed by atoms with Gasteiger partial charge in [-0.25, -0.2) is 14.4 Å². The van der Waals surface area contributed by atoms with E-state index in [0.29, 0.717) is 33.2 Å². The van der Waals surface area contributed by atoms with Crippen LogP contribution in [-0.2, 0) is 97.4 Å². The molecule has 1 aromatic heterocycles. The first-order valence-corrected chi connectivity index (χ1v) is 34.8. The number of carboxylic acids is 1. The molecule has 14 N–H and O–H groups in total. The number of para-hydroxylation sites is 1. The number of nitrogens with zero attached hydrogens (tertiary/aromatic N) is 1. The highest BCUT2D eigenvalue weighted by Crippen LogP contribution is 2.25. The minimum absolute atomic E-state index is 0.123. The molecule has 106 heavy (non-hydrogen) atoms. The SMILES string of the molecule is CC(C)[C@H](NC(=O)[C@@H](NC(=O)[C@H](Cc1ccccc1)NC(=O)[C@H](CC(N)=O)NC(=O)[C@H](CC(N)=O)NC(=O)[C@H](Cc1ccccc1)NC(=O)OC(C)(C)C)[C@@H](C)OC(C)(C)C)C(=O)N[C@@H](COC(C)(C)C)C(=O)N[C@@H](Cc1ccccc1)C(=O)N[C@@H](Cc1cn(C(=O)OC(C)(C)C)c2ccccc12)C(=O)O. The van der Waals surface area contributed by atoms with E-state index in [9.17, 15) is 57.8 Å². The maximum atomic E-state index is 15.0. The number of aliphatic carboxylic acids is 1. The fourth-order valence-electron chi connectivity index (χ4n) is 10.9. The van der Waals surface area contributed by atoms with Crippen molar-refractivity contribution in [2.45, 2.75) is 225 Å². The Bertz CT molecular complexity index is 3900. The number of nitrogens with one attached hydrogen (secondary N) is 9. The molecule has 4 aromatic carbocycles. The largest absolute Gasteiger partial charge is 0.480 e. The predicted molar refractivity (Wildman–Crippen MR) is 392 cm³/mol. The number of ether oxygens (including phenoxy) is 4. The first kappa shape index (κ1) is 85.9. The van der Waals surface area contributed by atoms with E-state index < -0.39 is 185 Å². The summed E-state index contributed by atoms with van der Waals surface area (Å²) in [5.74, 6) is -12.6. The summed E-state index contributed by atoms with van der Waals surface area (Å²) in [6.07, 6.45) is -4.13. The highest BCUT2D eigenvalue weighted by Gasteiger charge is 2.40. The van der Waals surface area contributed by atoms with E-state index >= 15 is 9.59 Å². The van der Waals surface area contributed by atoms with E-state index in [2.05, 4.69) is 47.9 Å². The van der Waals surface area contributed by atoms with Crippen molar-refractivity contribution in [2.75, 3.05) is 6.61 Å². The molecular formula is C76H104N12O18. The van der Waals surface area contributed by atoms with Crippen molar-refractivity contribution in [3.63, 3.8) is 0 Å². The van der Waals surface area contributed by atoms with Gasteiger partial charge >= 0.3 is 18.2 Å². The Morgan fingerprint density at radius 3 is 1.19 bits per heavy atom. The standard InChI is InChI=1S/C76H104N12O18/c1-43(2)60(68(97)84-56(42-103-73(4,5)6)67(96)80-50(35-45-27-19-16-20-28-45)62(91)83-55(70(99)100)38-48-41-88(72(102)106-76(13,14)15)57-34-26-25-33-49(48)57)86-69(98)61(44(3)104-74(7,8)9)87-66(95)51(36-46-29-21-17-22-30-46)79-64(93)53(39-58(77)89)82-65(94)54(40-59(78)90)81-63(92)52(37-47-31-23-18-24-32-47)85-71(101)105-75(10,11)12/h16-34,41,43-44,50-56,60-61H,35-40,42H2,1-15H3,(H2,77,89)(H2,78,90)(H,79,93)(H,80,96)(H,81,92)(H,82,94)(H,83,91)(H,84,97)(H,85,101)(H,86,98)(H,87,95)(H,99,100)/t44-,50+,51+,52+,53+,54+,55+,56+,60+,61+/m1/s1. The van der Waals surface area contributed by atoms with Gasteiger partial charge in [0.05, 0.1) is 42.3 Å². The Kier molecular flexibility index (Phi) is 31.0. The number of primary amides is 2. The molecule has 0 saturated carbocycles. The van der Waals surface area contributed by atoms with Gasteiger partial charge in [-0.1, -0.05) is 123 Å². The third kappa shape index (κ3) is 29.1. The molecule has 11 amide bonds. The topological polar surface area (TPSA) is 444 Å². The molecule has 0 aliphatic heterocycles. The third-order valence-electron chi connectivity index (χ3n) is 15.8. The van der Waals surface area contributed by atoms with Crippen molar-refractivity contribution in [1.29, 1.82) is 0 Å². The van der Waals surface area contributed by atoms with E-state index in [0.717, 1.165) is 0 Å². The first-order chi connectivity index (χ1) is 49.3. The maximum absolute atomic E-state index is 15.0. The summed E-state index contributed by atoms with van der Waals surface area (Å²) in [6.45, 7) is 24.2. The number of carbonyl (C=O) groups is 13. The number of hydrogen-bond donors (Lipinski definition) is 12. The number of hydrogen-bond acceptors (Lipinski definition) is 17. The van der Waals surface area contributed by atoms with Crippen LogP contribution in [0.4, 0.5) is 9.59 Å². The molecule has 5 aromatic rings. The molecule has 0 spiro atoms. The van der Waals surface area contributed by atoms with Crippen molar-refractivity contribution >= 4 is 88.1 Å². The van der Waals surface area contributed by atoms with Gasteiger partial charge in [0.25, 0.3) is 0 Å². The molecule has 0 aliphatic rings. The molecule has 0 saturated heterocycles. The Hall–Kier alpha value is -10.8. The van der Waals surface area contributed by atoms with E-state index in [-0.39, 0.29) is 25.7 Å². The van der Waals surface area contributed by atoms with Gasteiger partial charge in [0.15, 0.2) is 0 Å². The lowest BCUT2D eigenvalue weighted by atomic mass is 10.00. The van der Waals surface area contributed by atoms with E-state index in [4.69, 9.17) is 30.4 Å². The van der Waals surface area contributed by atoms with Crippen LogP contribution in [0.3, 0.4) is 0 Å². The Balaban J connectivity index is 1.44. The van der Waals surface area contributed by atoms with Crippen LogP contribution in [0.15, 0.2) is 121 Å². The second kappa shape index (κ2) is 38.3. The van der Waals surface area contributed by atoms with Crippen molar-refractivity contribution < 1.29 is 86.4 Å². The second-order valence-corrected chi connectivity index (χ2v) is 30.1. The zero-order valence-corrected chi connectivity index (χ0v) is 62.8. The molecule has 5 rings (SSSR count). The summed E-state index contributed by atoms with van der Waals surface area (Å²) in [4.78, 5) is 182. The van der Waals surface area contributed by atoms with Gasteiger partial charge in [0.1, 0.15) is 65.6 Å². The summed E-state index contributed by atoms with van der Waals surface area (Å²) in [7, 11) is 0. The summed E-state index contributed by atoms with van der Waals surface area (Å²) in [6, 6.07) is 17.3. The number of nitrogens with two attached hydrogens (primary N) is 2. The van der Waals surface area contributed by atoms with Gasteiger partial charge in [-0.2, -0.15) is 0 Å². The number of amides is 11. The number of carbonyl (C=O) groups excluding carboxylic acids is 12. The van der Waals surface area contributed by atoms with Gasteiger partial charge in [0.2, 0.25) is 59.1 Å². The van der Waals surface area contributed by atoms with Gasteiger partial charge < -0.3 is 83.4 Å². The fourth-order valence-corrected chi connectivity index (χ4v) is 10.9. The zero-order chi connectivity index (χ0) is 79.2. The lowest BCUT2D eigenvalue weighted by Crippen LogP contribution is -2.64. The van der Waals surface area contributed by atoms with Crippen LogP contribution >= 0.6 is 0 Å². The predicted octanol–water partition coefficient (Wildman–Crippen LogP) is 3.98. The van der Waals surface area contributed by atoms with Crippen LogP contribution in [0, 0.1) is 5.92 Å². The van der Waals surface area contributed by atoms with Crippen LogP contribution in [0.25, 0.3) is 10.9 Å². The Morgan fingerprint density at radius 2 is 0.774 bits per heavy atom. The normalized spacial score (nSPS) is 14.6. The smallest absolute Gasteiger partial charge is 0.419 e. The fraction of sp³-hybridized carbons (Fsp3) is 0.487. The quantitative estimate of drug-likeness (QED) is 0.0273. The van der Waals surface area contributed by atoms with Crippen LogP contribution in [0.1, 0.15) is 139 Å². The molecule has 10 atom stereocenters. The molecule has 576 valence electrons. The summed E-state index contributed by atoms with van der Waals surface area (Å²) in [5.41, 5.74) is 9.83. The monoisotopic (exact) mass is 1470 g/mol. The van der Waals surface area contributed by atoms with E-state index in [1.54, 1.807) is 212 Å². The molecule has 1 heterocycles. The van der Waals surface area contributed by atoms with Crippen LogP contribution in [-0.4, -0.2) is 176 Å². The average molecular weight is 1470 g/mol. The van der Waals surface area contributed by atoms with Gasteiger partial charge in [-0.3, -0.25) is 52.5 Å². The van der Waals surface area contributed by atoms with Gasteiger partial charge in [0, 0.05) is 37.3 Å². The van der Waals surface area contributed by atoms with Gasteiger partial charge in [-0.05, 0) is 124 Å². The molecule has 0 fully saturated rings. The number of aromatic nitrogens is 1. The first-order valence-electron chi connectivity index (χ1n) is 34.8. The molecular weight excluding hydrogens is 1370 g/mol. The van der Waals surface area contributed by atoms with Crippen LogP contribution < -0.4 is 59.3 Å². The zero-order valence-electron chi connectivity index (χ0n) is 62.8. The number of benzene rings is 4. The van der Waals surface area contributed by atoms with Crippen molar-refractivity contribution in [1.82, 2.24) is 52.4 Å². The molecule has 0 unspecified atom stereocenters. The Morgan fingerprint density at radius 1 is 0.406 bits per heavy atom. The minimum atomic E-state index is -1.91. The molecule has 0 bridgehead atoms. The summed E-state index contributed by atoms with van der Waals surface area (Å²) >= 11 is 0. The van der Waals surface area contributed by atoms with E-state index in [1.807, 2.05) is 0 Å². The lowest BCUT2D eigenvalue weighted by Gasteiger charge is -2.33. The van der Waals surface area contributed by atoms with Crippen molar-refractivity contribution in [3.05, 3.63) is 144 Å². The number of alkyl carbamates (subject to hydrolysis) is 1. The lowest BCUT2D eigenvalue weighted by molar-refractivity contribution is -0.142. The molecule has 30 nitrogen and oxygen atoms in total. The Labute approximate surface area is 617 Å². The van der Waals surface area contributed by atoms with Crippen LogP contribution in [0.2, 0.25) is 0 Å². The maximum Gasteiger partial charge on any atom is 0.419 e. The molecule has 0 aliphatic carbocycles. The number of carboxylic acid groups (broad SMARTS) is 1.